The average molecular weight is 594 g/mol. The second-order valence-corrected chi connectivity index (χ2v) is 12.6. The molecular formula is C34H43NO6S. The Hall–Kier alpha value is -3.04. The van der Waals surface area contributed by atoms with Crippen molar-refractivity contribution >= 4 is 16.8 Å². The van der Waals surface area contributed by atoms with Crippen LogP contribution in [0.2, 0.25) is 0 Å². The number of aliphatic hydroxyl groups excluding tert-OH is 2. The molecule has 0 spiro atoms. The molecule has 0 saturated heterocycles. The van der Waals surface area contributed by atoms with E-state index in [-0.39, 0.29) is 6.61 Å². The van der Waals surface area contributed by atoms with Crippen LogP contribution in [0.4, 0.5) is 0 Å². The summed E-state index contributed by atoms with van der Waals surface area (Å²) in [4.78, 5) is 12.2. The van der Waals surface area contributed by atoms with Crippen LogP contribution >= 0.6 is 0 Å². The summed E-state index contributed by atoms with van der Waals surface area (Å²) >= 11 is 0. The van der Waals surface area contributed by atoms with E-state index in [1.54, 1.807) is 18.2 Å². The third kappa shape index (κ3) is 9.76. The van der Waals surface area contributed by atoms with Gasteiger partial charge in [-0.1, -0.05) is 43.2 Å². The number of hydrogen-bond acceptors (Lipinski definition) is 7. The Labute approximate surface area is 251 Å². The smallest absolute Gasteiger partial charge is 0.308 e. The van der Waals surface area contributed by atoms with Crippen molar-refractivity contribution in [1.29, 1.82) is 0 Å². The molecular weight excluding hydrogens is 550 g/mol. The summed E-state index contributed by atoms with van der Waals surface area (Å²) in [5.41, 5.74) is 3.53. The monoisotopic (exact) mass is 593 g/mol. The highest BCUT2D eigenvalue weighted by Crippen LogP contribution is 2.27. The molecule has 0 aliphatic heterocycles. The zero-order valence-electron chi connectivity index (χ0n) is 24.4. The summed E-state index contributed by atoms with van der Waals surface area (Å²) in [6.07, 6.45) is 7.57. The molecule has 1 aliphatic rings. The molecule has 3 N–H and O–H groups in total. The summed E-state index contributed by atoms with van der Waals surface area (Å²) in [5, 5.41) is 23.7. The van der Waals surface area contributed by atoms with Crippen molar-refractivity contribution in [2.75, 3.05) is 19.7 Å². The third-order valence-corrected chi connectivity index (χ3v) is 9.40. The van der Waals surface area contributed by atoms with Crippen molar-refractivity contribution in [3.05, 3.63) is 89.0 Å². The van der Waals surface area contributed by atoms with Gasteiger partial charge in [0, 0.05) is 29.2 Å². The topological polar surface area (TPSA) is 105 Å². The molecule has 226 valence electrons. The number of carbonyl (C=O) groups excluding carboxylic acids is 1. The minimum Gasteiger partial charge on any atom is -0.494 e. The van der Waals surface area contributed by atoms with Crippen molar-refractivity contribution in [1.82, 2.24) is 5.32 Å². The van der Waals surface area contributed by atoms with Crippen LogP contribution in [0.25, 0.3) is 0 Å². The predicted molar refractivity (Wildman–Crippen MR) is 165 cm³/mol. The average Bonchev–Trinajstić information content (AvgIpc) is 3.55. The van der Waals surface area contributed by atoms with Crippen molar-refractivity contribution in [2.24, 2.45) is 0 Å². The lowest BCUT2D eigenvalue weighted by molar-refractivity contribution is -0.131. The van der Waals surface area contributed by atoms with E-state index in [0.717, 1.165) is 49.2 Å². The molecule has 2 atom stereocenters. The number of hydrogen-bond donors (Lipinski definition) is 3. The van der Waals surface area contributed by atoms with Gasteiger partial charge < -0.3 is 25.0 Å². The summed E-state index contributed by atoms with van der Waals surface area (Å²) in [7, 11) is -0.882. The highest BCUT2D eigenvalue weighted by molar-refractivity contribution is 7.85. The molecule has 8 heteroatoms. The standard InChI is InChI=1S/C34H43NO6S/c1-25(37)41-34-17-14-28(22-29(34)24-36)33(38)23-35-19-18-26-12-15-30(16-13-26)40-20-5-4-7-27-8-6-11-32(21-27)42(39)31-9-2-3-10-31/h6,8,11-17,21-22,31,33,35-36,38H,2-5,7,9-10,18-20,23-24H2,1H3/t33-,42?/m0/s1. The fourth-order valence-electron chi connectivity index (χ4n) is 5.27. The molecule has 0 amide bonds. The summed E-state index contributed by atoms with van der Waals surface area (Å²) < 4.78 is 23.8. The number of carbonyl (C=O) groups is 1. The van der Waals surface area contributed by atoms with Gasteiger partial charge in [-0.25, -0.2) is 0 Å². The van der Waals surface area contributed by atoms with Gasteiger partial charge in [-0.3, -0.25) is 9.00 Å². The summed E-state index contributed by atoms with van der Waals surface area (Å²) in [5.74, 6) is 0.700. The normalized spacial score (nSPS) is 14.9. The van der Waals surface area contributed by atoms with Crippen LogP contribution in [0.15, 0.2) is 71.6 Å². The lowest BCUT2D eigenvalue weighted by Crippen LogP contribution is -2.23. The van der Waals surface area contributed by atoms with Crippen LogP contribution in [0, 0.1) is 0 Å². The van der Waals surface area contributed by atoms with E-state index in [1.807, 2.05) is 24.3 Å². The lowest BCUT2D eigenvalue weighted by atomic mass is 10.0. The van der Waals surface area contributed by atoms with Gasteiger partial charge in [0.15, 0.2) is 0 Å². The first-order valence-electron chi connectivity index (χ1n) is 14.9. The molecule has 1 unspecified atom stereocenters. The van der Waals surface area contributed by atoms with Gasteiger partial charge in [-0.2, -0.15) is 0 Å². The van der Waals surface area contributed by atoms with E-state index in [1.165, 1.54) is 30.9 Å². The molecule has 7 nitrogen and oxygen atoms in total. The Balaban J connectivity index is 1.11. The Morgan fingerprint density at radius 3 is 2.52 bits per heavy atom. The minimum atomic E-state index is -0.882. The van der Waals surface area contributed by atoms with Crippen LogP contribution in [0.1, 0.15) is 73.8 Å². The summed E-state index contributed by atoms with van der Waals surface area (Å²) in [6, 6.07) is 21.3. The third-order valence-electron chi connectivity index (χ3n) is 7.61. The van der Waals surface area contributed by atoms with E-state index >= 15 is 0 Å². The van der Waals surface area contributed by atoms with Gasteiger partial charge in [-0.15, -0.1) is 0 Å². The molecule has 1 aliphatic carbocycles. The van der Waals surface area contributed by atoms with Crippen LogP contribution in [0.3, 0.4) is 0 Å². The number of nitrogens with one attached hydrogen (secondary N) is 1. The first-order valence-corrected chi connectivity index (χ1v) is 16.2. The van der Waals surface area contributed by atoms with Gasteiger partial charge in [0.1, 0.15) is 11.5 Å². The molecule has 0 heterocycles. The molecule has 1 fully saturated rings. The largest absolute Gasteiger partial charge is 0.494 e. The van der Waals surface area contributed by atoms with Gasteiger partial charge in [0.25, 0.3) is 0 Å². The maximum atomic E-state index is 12.8. The molecule has 1 saturated carbocycles. The van der Waals surface area contributed by atoms with Crippen LogP contribution < -0.4 is 14.8 Å². The Kier molecular flexibility index (Phi) is 12.6. The Morgan fingerprint density at radius 2 is 1.79 bits per heavy atom. The van der Waals surface area contributed by atoms with Gasteiger partial charge in [0.2, 0.25) is 0 Å². The molecule has 0 radical (unpaired) electrons. The number of ether oxygens (including phenoxy) is 2. The quantitative estimate of drug-likeness (QED) is 0.116. The van der Waals surface area contributed by atoms with Crippen molar-refractivity contribution in [3.63, 3.8) is 0 Å². The number of rotatable bonds is 16. The van der Waals surface area contributed by atoms with Crippen molar-refractivity contribution in [3.8, 4) is 11.5 Å². The number of aryl methyl sites for hydroxylation is 1. The second kappa shape index (κ2) is 16.6. The van der Waals surface area contributed by atoms with Gasteiger partial charge >= 0.3 is 5.97 Å². The van der Waals surface area contributed by atoms with Crippen molar-refractivity contribution in [2.45, 2.75) is 81.1 Å². The maximum Gasteiger partial charge on any atom is 0.308 e. The van der Waals surface area contributed by atoms with E-state index in [4.69, 9.17) is 9.47 Å². The SMILES string of the molecule is CC(=O)Oc1ccc([C@@H](O)CNCCc2ccc(OCCCCc3cccc(S(=O)C4CCCC4)c3)cc2)cc1CO. The van der Waals surface area contributed by atoms with Gasteiger partial charge in [0.05, 0.1) is 30.1 Å². The fourth-order valence-corrected chi connectivity index (χ4v) is 6.90. The van der Waals surface area contributed by atoms with E-state index in [2.05, 4.69) is 29.6 Å². The minimum absolute atomic E-state index is 0.283. The predicted octanol–water partition coefficient (Wildman–Crippen LogP) is 5.42. The number of aliphatic hydroxyl groups is 2. The summed E-state index contributed by atoms with van der Waals surface area (Å²) in [6.45, 7) is 2.75. The number of esters is 1. The first kappa shape index (κ1) is 31.9. The molecule has 0 bridgehead atoms. The number of unbranched alkanes of at least 4 members (excludes halogenated alkanes) is 1. The molecule has 3 aromatic carbocycles. The van der Waals surface area contributed by atoms with E-state index in [9.17, 15) is 19.2 Å². The van der Waals surface area contributed by atoms with Crippen LogP contribution in [0.5, 0.6) is 11.5 Å². The van der Waals surface area contributed by atoms with Gasteiger partial charge in [-0.05, 0) is 98.2 Å². The number of benzene rings is 3. The molecule has 4 rings (SSSR count). The molecule has 3 aromatic rings. The highest BCUT2D eigenvalue weighted by atomic mass is 32.2. The van der Waals surface area contributed by atoms with Crippen molar-refractivity contribution < 1.29 is 28.7 Å². The van der Waals surface area contributed by atoms with Crippen LogP contribution in [-0.4, -0.2) is 45.3 Å². The van der Waals surface area contributed by atoms with Crippen LogP contribution in [-0.2, 0) is 35.0 Å². The Morgan fingerprint density at radius 1 is 1.00 bits per heavy atom. The Bertz CT molecular complexity index is 1310. The molecule has 0 aromatic heterocycles. The zero-order chi connectivity index (χ0) is 29.7. The first-order chi connectivity index (χ1) is 20.4. The van der Waals surface area contributed by atoms with E-state index < -0.39 is 22.9 Å². The maximum absolute atomic E-state index is 12.8. The molecule has 42 heavy (non-hydrogen) atoms. The zero-order valence-corrected chi connectivity index (χ0v) is 25.2. The second-order valence-electron chi connectivity index (χ2n) is 10.9. The lowest BCUT2D eigenvalue weighted by Gasteiger charge is -2.15. The van der Waals surface area contributed by atoms with E-state index in [0.29, 0.717) is 41.8 Å². The highest BCUT2D eigenvalue weighted by Gasteiger charge is 2.22. The fraction of sp³-hybridized carbons (Fsp3) is 0.441.